The van der Waals surface area contributed by atoms with Gasteiger partial charge in [0.05, 0.1) is 29.1 Å². The van der Waals surface area contributed by atoms with E-state index in [1.165, 1.54) is 12.1 Å². The summed E-state index contributed by atoms with van der Waals surface area (Å²) >= 11 is 6.09. The molecule has 2 aromatic carbocycles. The quantitative estimate of drug-likeness (QED) is 0.626. The largest absolute Gasteiger partial charge is 0.492 e. The number of halogens is 1. The molecule has 2 aromatic rings. The van der Waals surface area contributed by atoms with Gasteiger partial charge in [0.25, 0.3) is 0 Å². The fourth-order valence-corrected chi connectivity index (χ4v) is 2.02. The molecule has 0 saturated heterocycles. The van der Waals surface area contributed by atoms with Crippen LogP contribution in [0.2, 0.25) is 5.02 Å². The molecule has 0 spiro atoms. The highest BCUT2D eigenvalue weighted by Crippen LogP contribution is 2.24. The van der Waals surface area contributed by atoms with Crippen molar-refractivity contribution in [1.29, 1.82) is 0 Å². The smallest absolute Gasteiger partial charge is 0.335 e. The molecule has 0 aliphatic carbocycles. The average molecular weight is 319 g/mol. The van der Waals surface area contributed by atoms with E-state index >= 15 is 0 Å². The summed E-state index contributed by atoms with van der Waals surface area (Å²) < 4.78 is 5.35. The first-order valence-electron chi connectivity index (χ1n) is 6.65. The fourth-order valence-electron chi connectivity index (χ4n) is 1.77. The van der Waals surface area contributed by atoms with Gasteiger partial charge >= 0.3 is 5.97 Å². The van der Waals surface area contributed by atoms with Crippen LogP contribution in [0.15, 0.2) is 47.6 Å². The molecule has 114 valence electrons. The van der Waals surface area contributed by atoms with Gasteiger partial charge in [0.2, 0.25) is 0 Å². The van der Waals surface area contributed by atoms with Crippen molar-refractivity contribution in [2.75, 3.05) is 12.0 Å². The van der Waals surface area contributed by atoms with Crippen molar-refractivity contribution in [3.8, 4) is 5.75 Å². The van der Waals surface area contributed by atoms with E-state index in [9.17, 15) is 4.79 Å². The normalized spacial score (nSPS) is 10.6. The van der Waals surface area contributed by atoms with Crippen LogP contribution in [0.1, 0.15) is 22.8 Å². The Labute approximate surface area is 133 Å². The van der Waals surface area contributed by atoms with Crippen LogP contribution < -0.4 is 10.2 Å². The van der Waals surface area contributed by atoms with Gasteiger partial charge in [0.1, 0.15) is 5.75 Å². The lowest BCUT2D eigenvalue weighted by atomic mass is 10.2. The van der Waals surface area contributed by atoms with Crippen molar-refractivity contribution in [3.63, 3.8) is 0 Å². The number of rotatable bonds is 6. The summed E-state index contributed by atoms with van der Waals surface area (Å²) in [7, 11) is 0. The van der Waals surface area contributed by atoms with Gasteiger partial charge in [0.15, 0.2) is 0 Å². The van der Waals surface area contributed by atoms with Gasteiger partial charge in [-0.05, 0) is 48.9 Å². The molecule has 0 unspecified atom stereocenters. The number of nitrogens with one attached hydrogen (secondary N) is 1. The maximum absolute atomic E-state index is 10.9. The zero-order valence-corrected chi connectivity index (χ0v) is 12.7. The summed E-state index contributed by atoms with van der Waals surface area (Å²) in [6.07, 6.45) is 1.59. The molecule has 0 saturated carbocycles. The molecule has 22 heavy (non-hydrogen) atoms. The number of aromatic carboxylic acids is 1. The van der Waals surface area contributed by atoms with E-state index in [2.05, 4.69) is 10.5 Å². The van der Waals surface area contributed by atoms with E-state index in [-0.39, 0.29) is 5.56 Å². The van der Waals surface area contributed by atoms with Crippen LogP contribution in [0.25, 0.3) is 0 Å². The number of nitrogens with zero attached hydrogens (tertiary/aromatic N) is 1. The molecule has 5 nitrogen and oxygen atoms in total. The topological polar surface area (TPSA) is 70.9 Å². The van der Waals surface area contributed by atoms with E-state index in [4.69, 9.17) is 21.4 Å². The number of carbonyl (C=O) groups is 1. The van der Waals surface area contributed by atoms with Crippen LogP contribution in [0.4, 0.5) is 5.69 Å². The Morgan fingerprint density at radius 3 is 2.86 bits per heavy atom. The lowest BCUT2D eigenvalue weighted by molar-refractivity contribution is 0.0697. The zero-order chi connectivity index (χ0) is 15.9. The van der Waals surface area contributed by atoms with Gasteiger partial charge in [0, 0.05) is 0 Å². The van der Waals surface area contributed by atoms with Gasteiger partial charge in [-0.15, -0.1) is 0 Å². The summed E-state index contributed by atoms with van der Waals surface area (Å²) in [6, 6.07) is 11.7. The third-order valence-corrected chi connectivity index (χ3v) is 3.07. The molecule has 0 heterocycles. The molecule has 0 aliphatic heterocycles. The number of carboxylic acids is 1. The Hall–Kier alpha value is -2.53. The molecule has 2 rings (SSSR count). The third kappa shape index (κ3) is 4.23. The second-order valence-electron chi connectivity index (χ2n) is 4.38. The molecule has 2 N–H and O–H groups in total. The summed E-state index contributed by atoms with van der Waals surface area (Å²) in [5.74, 6) is -0.352. The molecule has 0 atom stereocenters. The monoisotopic (exact) mass is 318 g/mol. The predicted octanol–water partition coefficient (Wildman–Crippen LogP) is 3.88. The van der Waals surface area contributed by atoms with E-state index in [0.29, 0.717) is 23.1 Å². The SMILES string of the molecule is CCOc1ccc(C=NNc2cccc(C(=O)O)c2)cc1Cl. The fraction of sp³-hybridized carbons (Fsp3) is 0.125. The lowest BCUT2D eigenvalue weighted by Crippen LogP contribution is -1.98. The molecule has 0 radical (unpaired) electrons. The van der Waals surface area contributed by atoms with E-state index in [0.717, 1.165) is 5.56 Å². The van der Waals surface area contributed by atoms with Crippen LogP contribution in [0.3, 0.4) is 0 Å². The Morgan fingerprint density at radius 2 is 2.18 bits per heavy atom. The standard InChI is InChI=1S/C16H15ClN2O3/c1-2-22-15-7-6-11(8-14(15)17)10-18-19-13-5-3-4-12(9-13)16(20)21/h3-10,19H,2H2,1H3,(H,20,21). The van der Waals surface area contributed by atoms with Crippen molar-refractivity contribution in [2.45, 2.75) is 6.92 Å². The van der Waals surface area contributed by atoms with Gasteiger partial charge in [-0.1, -0.05) is 17.7 Å². The van der Waals surface area contributed by atoms with E-state index < -0.39 is 5.97 Å². The van der Waals surface area contributed by atoms with Crippen molar-refractivity contribution in [1.82, 2.24) is 0 Å². The molecule has 0 bridgehead atoms. The molecular weight excluding hydrogens is 304 g/mol. The van der Waals surface area contributed by atoms with Gasteiger partial charge in [-0.2, -0.15) is 5.10 Å². The highest BCUT2D eigenvalue weighted by atomic mass is 35.5. The minimum Gasteiger partial charge on any atom is -0.492 e. The molecule has 0 fully saturated rings. The van der Waals surface area contributed by atoms with Gasteiger partial charge < -0.3 is 9.84 Å². The van der Waals surface area contributed by atoms with Crippen molar-refractivity contribution < 1.29 is 14.6 Å². The van der Waals surface area contributed by atoms with Crippen molar-refractivity contribution in [2.24, 2.45) is 5.10 Å². The van der Waals surface area contributed by atoms with Crippen LogP contribution >= 0.6 is 11.6 Å². The Bertz CT molecular complexity index is 702. The van der Waals surface area contributed by atoms with Crippen LogP contribution in [0.5, 0.6) is 5.75 Å². The molecule has 6 heteroatoms. The molecular formula is C16H15ClN2O3. The minimum atomic E-state index is -0.981. The Balaban J connectivity index is 2.05. The predicted molar refractivity (Wildman–Crippen MR) is 87.2 cm³/mol. The lowest BCUT2D eigenvalue weighted by Gasteiger charge is -2.05. The summed E-state index contributed by atoms with van der Waals surface area (Å²) in [4.78, 5) is 10.9. The van der Waals surface area contributed by atoms with Gasteiger partial charge in [-0.3, -0.25) is 5.43 Å². The summed E-state index contributed by atoms with van der Waals surface area (Å²) in [5, 5.41) is 13.5. The van der Waals surface area contributed by atoms with Gasteiger partial charge in [-0.25, -0.2) is 4.79 Å². The van der Waals surface area contributed by atoms with Crippen molar-refractivity contribution >= 4 is 29.5 Å². The number of anilines is 1. The number of carboxylic acid groups (broad SMARTS) is 1. The van der Waals surface area contributed by atoms with E-state index in [1.807, 2.05) is 13.0 Å². The molecule has 0 aromatic heterocycles. The Morgan fingerprint density at radius 1 is 1.36 bits per heavy atom. The number of benzene rings is 2. The minimum absolute atomic E-state index is 0.198. The number of ether oxygens (including phenoxy) is 1. The van der Waals surface area contributed by atoms with E-state index in [1.54, 1.807) is 30.5 Å². The second kappa shape index (κ2) is 7.47. The highest BCUT2D eigenvalue weighted by Gasteiger charge is 2.03. The highest BCUT2D eigenvalue weighted by molar-refractivity contribution is 6.32. The first-order chi connectivity index (χ1) is 10.6. The molecule has 0 aliphatic rings. The summed E-state index contributed by atoms with van der Waals surface area (Å²) in [6.45, 7) is 2.44. The molecule has 0 amide bonds. The van der Waals surface area contributed by atoms with Crippen LogP contribution in [-0.4, -0.2) is 23.9 Å². The maximum Gasteiger partial charge on any atom is 0.335 e. The van der Waals surface area contributed by atoms with Crippen LogP contribution in [-0.2, 0) is 0 Å². The maximum atomic E-state index is 10.9. The average Bonchev–Trinajstić information content (AvgIpc) is 2.50. The second-order valence-corrected chi connectivity index (χ2v) is 4.79. The Kier molecular flexibility index (Phi) is 5.38. The first kappa shape index (κ1) is 15.9. The first-order valence-corrected chi connectivity index (χ1v) is 7.02. The number of hydrogen-bond donors (Lipinski definition) is 2. The number of hydrazone groups is 1. The summed E-state index contributed by atoms with van der Waals surface area (Å²) in [5.41, 5.74) is 4.37. The number of hydrogen-bond acceptors (Lipinski definition) is 4. The third-order valence-electron chi connectivity index (χ3n) is 2.77. The van der Waals surface area contributed by atoms with Crippen LogP contribution in [0, 0.1) is 0 Å². The van der Waals surface area contributed by atoms with Crippen molar-refractivity contribution in [3.05, 3.63) is 58.6 Å². The zero-order valence-electron chi connectivity index (χ0n) is 11.9.